The summed E-state index contributed by atoms with van der Waals surface area (Å²) in [6.07, 6.45) is 0.704. The van der Waals surface area contributed by atoms with Crippen molar-refractivity contribution in [2.75, 3.05) is 6.54 Å². The molecule has 132 valence electrons. The number of aryl methyl sites for hydroxylation is 1. The summed E-state index contributed by atoms with van der Waals surface area (Å²) < 4.78 is 6.91. The van der Waals surface area contributed by atoms with Gasteiger partial charge in [-0.1, -0.05) is 22.8 Å². The maximum Gasteiger partial charge on any atom is 0.316 e. The molecule has 0 aliphatic heterocycles. The Kier molecular flexibility index (Phi) is 5.19. The maximum absolute atomic E-state index is 12.1. The van der Waals surface area contributed by atoms with Gasteiger partial charge in [0.05, 0.1) is 27.3 Å². The molecular formula is C16H18ClN5O2S. The molecule has 3 aromatic rings. The summed E-state index contributed by atoms with van der Waals surface area (Å²) in [5.41, 5.74) is 1.73. The predicted octanol–water partition coefficient (Wildman–Crippen LogP) is 3.65. The van der Waals surface area contributed by atoms with E-state index < -0.39 is 0 Å². The highest BCUT2D eigenvalue weighted by Gasteiger charge is 2.18. The summed E-state index contributed by atoms with van der Waals surface area (Å²) in [6, 6.07) is 3.87. The van der Waals surface area contributed by atoms with Gasteiger partial charge in [0, 0.05) is 6.54 Å². The summed E-state index contributed by atoms with van der Waals surface area (Å²) in [5, 5.41) is 13.7. The predicted molar refractivity (Wildman–Crippen MR) is 96.0 cm³/mol. The van der Waals surface area contributed by atoms with E-state index in [0.29, 0.717) is 23.8 Å². The zero-order chi connectivity index (χ0) is 18.0. The largest absolute Gasteiger partial charge is 0.348 e. The van der Waals surface area contributed by atoms with Crippen LogP contribution in [0.1, 0.15) is 41.5 Å². The fraction of sp³-hybridized carbons (Fsp3) is 0.375. The highest BCUT2D eigenvalue weighted by atomic mass is 35.5. The molecule has 0 saturated heterocycles. The van der Waals surface area contributed by atoms with Crippen molar-refractivity contribution >= 4 is 28.8 Å². The summed E-state index contributed by atoms with van der Waals surface area (Å²) in [4.78, 5) is 17.1. The summed E-state index contributed by atoms with van der Waals surface area (Å²) in [6.45, 7) is 6.30. The van der Waals surface area contributed by atoms with Crippen LogP contribution in [0.5, 0.6) is 0 Å². The van der Waals surface area contributed by atoms with Crippen molar-refractivity contribution in [1.82, 2.24) is 25.2 Å². The van der Waals surface area contributed by atoms with E-state index in [1.165, 1.54) is 11.3 Å². The number of hydrogen-bond acceptors (Lipinski definition) is 6. The normalized spacial score (nSPS) is 12.3. The van der Waals surface area contributed by atoms with E-state index in [1.54, 1.807) is 0 Å². The van der Waals surface area contributed by atoms with E-state index in [9.17, 15) is 4.79 Å². The van der Waals surface area contributed by atoms with Gasteiger partial charge in [0.2, 0.25) is 5.82 Å². The van der Waals surface area contributed by atoms with Gasteiger partial charge in [-0.25, -0.2) is 0 Å². The zero-order valence-corrected chi connectivity index (χ0v) is 15.7. The number of carbonyl (C=O) groups excluding carboxylic acids is 1. The lowest BCUT2D eigenvalue weighted by Gasteiger charge is -2.14. The number of halogens is 1. The lowest BCUT2D eigenvalue weighted by atomic mass is 10.2. The van der Waals surface area contributed by atoms with E-state index in [4.69, 9.17) is 16.1 Å². The monoisotopic (exact) mass is 379 g/mol. The van der Waals surface area contributed by atoms with Crippen LogP contribution >= 0.6 is 22.9 Å². The lowest BCUT2D eigenvalue weighted by molar-refractivity contribution is 0.0907. The highest BCUT2D eigenvalue weighted by molar-refractivity contribution is 7.13. The third-order valence-electron chi connectivity index (χ3n) is 3.86. The number of thiophene rings is 1. The standard InChI is InChI=1S/C16H18ClN5O2S/c1-9(22-11(3)13(17)10(2)20-22)6-7-18-15(23)16-19-14(21-24-16)12-5-4-8-25-12/h4-5,8-9H,6-7H2,1-3H3,(H,18,23)/t9-/m1/s1. The number of nitrogens with one attached hydrogen (secondary N) is 1. The first-order valence-corrected chi connectivity index (χ1v) is 9.10. The molecule has 0 bridgehead atoms. The van der Waals surface area contributed by atoms with Crippen LogP contribution in [-0.2, 0) is 0 Å². The molecule has 1 atom stereocenters. The van der Waals surface area contributed by atoms with Gasteiger partial charge in [0.1, 0.15) is 0 Å². The Labute approximate surface area is 154 Å². The molecular weight excluding hydrogens is 362 g/mol. The number of amides is 1. The third kappa shape index (κ3) is 3.74. The average Bonchev–Trinajstić information content (AvgIpc) is 3.32. The van der Waals surface area contributed by atoms with Crippen molar-refractivity contribution < 1.29 is 9.32 Å². The fourth-order valence-corrected chi connectivity index (χ4v) is 3.26. The Balaban J connectivity index is 1.55. The van der Waals surface area contributed by atoms with Crippen LogP contribution < -0.4 is 5.32 Å². The van der Waals surface area contributed by atoms with Gasteiger partial charge in [-0.3, -0.25) is 9.48 Å². The Hall–Kier alpha value is -2.19. The molecule has 0 radical (unpaired) electrons. The second-order valence-electron chi connectivity index (χ2n) is 5.72. The molecule has 0 saturated carbocycles. The van der Waals surface area contributed by atoms with Crippen LogP contribution in [0.3, 0.4) is 0 Å². The van der Waals surface area contributed by atoms with E-state index in [2.05, 4.69) is 20.6 Å². The van der Waals surface area contributed by atoms with Crippen LogP contribution in [0, 0.1) is 13.8 Å². The summed E-state index contributed by atoms with van der Waals surface area (Å²) in [7, 11) is 0. The molecule has 0 spiro atoms. The summed E-state index contributed by atoms with van der Waals surface area (Å²) >= 11 is 7.66. The van der Waals surface area contributed by atoms with Gasteiger partial charge >= 0.3 is 11.8 Å². The van der Waals surface area contributed by atoms with Crippen molar-refractivity contribution in [3.8, 4) is 10.7 Å². The molecule has 25 heavy (non-hydrogen) atoms. The molecule has 0 aromatic carbocycles. The Morgan fingerprint density at radius 1 is 1.48 bits per heavy atom. The quantitative estimate of drug-likeness (QED) is 0.706. The molecule has 3 rings (SSSR count). The average molecular weight is 380 g/mol. The van der Waals surface area contributed by atoms with Crippen LogP contribution in [0.4, 0.5) is 0 Å². The van der Waals surface area contributed by atoms with Gasteiger partial charge in [0.25, 0.3) is 0 Å². The molecule has 1 amide bonds. The fourth-order valence-electron chi connectivity index (χ4n) is 2.49. The van der Waals surface area contributed by atoms with Gasteiger partial charge in [-0.2, -0.15) is 10.1 Å². The topological polar surface area (TPSA) is 85.8 Å². The first-order valence-electron chi connectivity index (χ1n) is 7.84. The van der Waals surface area contributed by atoms with Crippen molar-refractivity contribution in [3.63, 3.8) is 0 Å². The van der Waals surface area contributed by atoms with Gasteiger partial charge in [0.15, 0.2) is 0 Å². The van der Waals surface area contributed by atoms with Gasteiger partial charge < -0.3 is 9.84 Å². The van der Waals surface area contributed by atoms with Crippen LogP contribution in [-0.4, -0.2) is 32.4 Å². The summed E-state index contributed by atoms with van der Waals surface area (Å²) in [5.74, 6) is 0.00455. The number of nitrogens with zero attached hydrogens (tertiary/aromatic N) is 4. The Morgan fingerprint density at radius 3 is 2.92 bits per heavy atom. The smallest absolute Gasteiger partial charge is 0.316 e. The first-order chi connectivity index (χ1) is 12.0. The molecule has 0 aliphatic rings. The van der Waals surface area contributed by atoms with Crippen LogP contribution in [0.15, 0.2) is 22.0 Å². The minimum atomic E-state index is -0.381. The van der Waals surface area contributed by atoms with Crippen molar-refractivity contribution in [1.29, 1.82) is 0 Å². The molecule has 0 fully saturated rings. The first kappa shape index (κ1) is 17.6. The molecule has 9 heteroatoms. The number of hydrogen-bond donors (Lipinski definition) is 1. The second-order valence-corrected chi connectivity index (χ2v) is 7.05. The molecule has 3 heterocycles. The van der Waals surface area contributed by atoms with Crippen LogP contribution in [0.2, 0.25) is 5.02 Å². The molecule has 1 N–H and O–H groups in total. The van der Waals surface area contributed by atoms with E-state index in [1.807, 2.05) is 43.0 Å². The zero-order valence-electron chi connectivity index (χ0n) is 14.1. The van der Waals surface area contributed by atoms with E-state index in [-0.39, 0.29) is 17.8 Å². The van der Waals surface area contributed by atoms with Crippen molar-refractivity contribution in [2.45, 2.75) is 33.2 Å². The highest BCUT2D eigenvalue weighted by Crippen LogP contribution is 2.23. The molecule has 3 aromatic heterocycles. The SMILES string of the molecule is Cc1nn([C@H](C)CCNC(=O)c2nc(-c3cccs3)no2)c(C)c1Cl. The van der Waals surface area contributed by atoms with Crippen LogP contribution in [0.25, 0.3) is 10.7 Å². The number of rotatable bonds is 6. The van der Waals surface area contributed by atoms with Gasteiger partial charge in [-0.05, 0) is 38.6 Å². The van der Waals surface area contributed by atoms with Crippen molar-refractivity contribution in [3.05, 3.63) is 39.8 Å². The third-order valence-corrected chi connectivity index (χ3v) is 5.28. The van der Waals surface area contributed by atoms with E-state index in [0.717, 1.165) is 16.3 Å². The number of carbonyl (C=O) groups is 1. The van der Waals surface area contributed by atoms with Gasteiger partial charge in [-0.15, -0.1) is 11.3 Å². The molecule has 0 unspecified atom stereocenters. The van der Waals surface area contributed by atoms with E-state index >= 15 is 0 Å². The Morgan fingerprint density at radius 2 is 2.28 bits per heavy atom. The number of aromatic nitrogens is 4. The second kappa shape index (κ2) is 7.37. The maximum atomic E-state index is 12.1. The van der Waals surface area contributed by atoms with Crippen molar-refractivity contribution in [2.24, 2.45) is 0 Å². The molecule has 7 nitrogen and oxygen atoms in total. The minimum Gasteiger partial charge on any atom is -0.348 e. The molecule has 0 aliphatic carbocycles. The minimum absolute atomic E-state index is 0.0368. The Bertz CT molecular complexity index is 871. The lowest BCUT2D eigenvalue weighted by Crippen LogP contribution is -2.26.